The maximum Gasteiger partial charge on any atom is 0.326 e. The monoisotopic (exact) mass is 973 g/mol. The third kappa shape index (κ3) is 10.1. The Labute approximate surface area is 403 Å². The van der Waals surface area contributed by atoms with Crippen LogP contribution in [0.5, 0.6) is 17.2 Å². The molecule has 1 fully saturated rings. The van der Waals surface area contributed by atoms with Gasteiger partial charge in [-0.05, 0) is 113 Å². The number of rotatable bonds is 13. The third-order valence-electron chi connectivity index (χ3n) is 12.3. The fourth-order valence-corrected chi connectivity index (χ4v) is 10.6. The number of aryl methyl sites for hydroxylation is 1. The van der Waals surface area contributed by atoms with Gasteiger partial charge in [0, 0.05) is 26.1 Å². The number of anilines is 1. The summed E-state index contributed by atoms with van der Waals surface area (Å²) in [5.74, 6) is 0.0412. The Balaban J connectivity index is 0.959. The Morgan fingerprint density at radius 1 is 0.882 bits per heavy atom. The number of benzene rings is 5. The lowest BCUT2D eigenvalue weighted by Gasteiger charge is -2.37. The highest BCUT2D eigenvalue weighted by Gasteiger charge is 2.42. The molecule has 348 valence electrons. The van der Waals surface area contributed by atoms with Crippen LogP contribution in [0.1, 0.15) is 45.2 Å². The molecule has 0 aliphatic carbocycles. The van der Waals surface area contributed by atoms with E-state index >= 15 is 0 Å². The molecule has 6 aromatic rings. The van der Waals surface area contributed by atoms with Crippen LogP contribution in [0.3, 0.4) is 0 Å². The van der Waals surface area contributed by atoms with Crippen LogP contribution in [0.25, 0.3) is 11.1 Å². The summed E-state index contributed by atoms with van der Waals surface area (Å²) in [6, 6.07) is 33.1. The molecule has 9 rings (SSSR count). The quantitative estimate of drug-likeness (QED) is 0.114. The van der Waals surface area contributed by atoms with E-state index in [0.29, 0.717) is 88.3 Å². The summed E-state index contributed by atoms with van der Waals surface area (Å²) in [5.41, 5.74) is 6.12. The van der Waals surface area contributed by atoms with Crippen LogP contribution < -0.4 is 24.4 Å². The Hall–Kier alpha value is -6.67. The van der Waals surface area contributed by atoms with Gasteiger partial charge in [0.2, 0.25) is 15.9 Å². The van der Waals surface area contributed by atoms with Crippen molar-refractivity contribution in [2.45, 2.75) is 56.0 Å². The molecule has 3 aliphatic rings. The fraction of sp³-hybridized carbons (Fsp3) is 0.255. The maximum absolute atomic E-state index is 14.9. The van der Waals surface area contributed by atoms with Crippen LogP contribution in [-0.2, 0) is 50.3 Å². The highest BCUT2D eigenvalue weighted by molar-refractivity contribution is 7.89. The smallest absolute Gasteiger partial charge is 0.326 e. The molecule has 1 saturated heterocycles. The number of fused-ring (bicyclic) bond motifs is 2. The van der Waals surface area contributed by atoms with Crippen LogP contribution in [0.15, 0.2) is 120 Å². The second-order valence-electron chi connectivity index (χ2n) is 16.7. The second kappa shape index (κ2) is 19.9. The number of ether oxygens (including phenoxy) is 4. The minimum atomic E-state index is -4.43. The van der Waals surface area contributed by atoms with Gasteiger partial charge in [-0.15, -0.1) is 0 Å². The molecule has 0 spiro atoms. The normalized spacial score (nSPS) is 17.4. The van der Waals surface area contributed by atoms with E-state index in [2.05, 4.69) is 16.4 Å². The molecule has 0 bridgehead atoms. The molecule has 3 aliphatic heterocycles. The number of aliphatic carboxylic acids is 1. The van der Waals surface area contributed by atoms with Crippen molar-refractivity contribution < 1.29 is 42.1 Å². The summed E-state index contributed by atoms with van der Waals surface area (Å²) in [5, 5.41) is 23.1. The molecule has 68 heavy (non-hydrogen) atoms. The summed E-state index contributed by atoms with van der Waals surface area (Å²) in [6.07, 6.45) is -0.635. The van der Waals surface area contributed by atoms with E-state index in [1.807, 2.05) is 59.5 Å². The number of hydrogen-bond acceptors (Lipinski definition) is 11. The van der Waals surface area contributed by atoms with Crippen LogP contribution in [0.4, 0.5) is 5.82 Å². The molecule has 4 heterocycles. The number of carbonyl (C=O) groups is 2. The van der Waals surface area contributed by atoms with Gasteiger partial charge in [0.25, 0.3) is 0 Å². The first-order valence-corrected chi connectivity index (χ1v) is 24.1. The number of pyridine rings is 1. The predicted molar refractivity (Wildman–Crippen MR) is 255 cm³/mol. The van der Waals surface area contributed by atoms with Crippen LogP contribution in [0.2, 0.25) is 10.0 Å². The largest absolute Gasteiger partial charge is 0.489 e. The molecule has 5 aromatic carbocycles. The lowest BCUT2D eigenvalue weighted by atomic mass is 9.93. The highest BCUT2D eigenvalue weighted by Crippen LogP contribution is 2.42. The molecule has 2 N–H and O–H groups in total. The van der Waals surface area contributed by atoms with Crippen LogP contribution in [-0.4, -0.2) is 79.7 Å². The van der Waals surface area contributed by atoms with Gasteiger partial charge in [0.1, 0.15) is 41.8 Å². The highest BCUT2D eigenvalue weighted by atomic mass is 35.5. The summed E-state index contributed by atoms with van der Waals surface area (Å²) < 4.78 is 55.1. The van der Waals surface area contributed by atoms with E-state index in [9.17, 15) is 23.1 Å². The lowest BCUT2D eigenvalue weighted by molar-refractivity contribution is -0.142. The Kier molecular flexibility index (Phi) is 13.6. The number of amides is 1. The second-order valence-corrected chi connectivity index (χ2v) is 19.4. The van der Waals surface area contributed by atoms with Gasteiger partial charge in [-0.3, -0.25) is 4.79 Å². The van der Waals surface area contributed by atoms with Crippen molar-refractivity contribution >= 4 is 50.9 Å². The Morgan fingerprint density at radius 2 is 1.57 bits per heavy atom. The zero-order valence-corrected chi connectivity index (χ0v) is 39.1. The number of carboxylic acids is 1. The Bertz CT molecular complexity index is 3020. The maximum atomic E-state index is 14.9. The SMILES string of the molecule is Cc1nc(N2CCOCC2)ccc1S(=O)(=O)N1Cc2cc3c(cc2CC1C(=O)NC(Cc1ccc(-c2ccc(C#N)cc2)cc1)C(=O)O)OCC(c1ccc(OCc2ccc(Cl)c(Cl)c2)cc1)O3. The number of nitrogens with one attached hydrogen (secondary N) is 1. The molecule has 0 radical (unpaired) electrons. The molecule has 1 amide bonds. The van der Waals surface area contributed by atoms with Crippen molar-refractivity contribution in [2.24, 2.45) is 0 Å². The van der Waals surface area contributed by atoms with Crippen molar-refractivity contribution in [3.8, 4) is 34.4 Å². The first kappa shape index (κ1) is 46.4. The number of carboxylic acid groups (broad SMARTS) is 1. The number of morpholine rings is 1. The standard InChI is InChI=1S/C51H45Cl2N5O9S/c1-31-48(16-17-49(55-31)57-18-20-64-21-19-57)68(62,63)58-28-39-26-46-45(66-30-47(67-46)37-11-13-40(14-12-37)65-29-34-6-15-41(52)42(53)22-34)25-38(39)24-44(58)50(59)56-43(51(60)61)23-32-2-7-35(8-3-32)36-9-4-33(27-54)5-10-36/h2-17,22,25-26,43-44,47H,18-21,23-24,28-30H2,1H3,(H,56,59)(H,60,61). The summed E-state index contributed by atoms with van der Waals surface area (Å²) in [6.45, 7) is 4.12. The summed E-state index contributed by atoms with van der Waals surface area (Å²) in [4.78, 5) is 33.8. The van der Waals surface area contributed by atoms with Crippen molar-refractivity contribution in [1.29, 1.82) is 5.26 Å². The summed E-state index contributed by atoms with van der Waals surface area (Å²) in [7, 11) is -4.43. The van der Waals surface area contributed by atoms with E-state index < -0.39 is 40.1 Å². The average molecular weight is 975 g/mol. The first-order valence-electron chi connectivity index (χ1n) is 21.9. The zero-order chi connectivity index (χ0) is 47.5. The lowest BCUT2D eigenvalue weighted by Crippen LogP contribution is -2.55. The van der Waals surface area contributed by atoms with Gasteiger partial charge in [-0.1, -0.05) is 77.8 Å². The minimum absolute atomic E-state index is 0.0643. The zero-order valence-electron chi connectivity index (χ0n) is 36.7. The Morgan fingerprint density at radius 3 is 2.25 bits per heavy atom. The topological polar surface area (TPSA) is 181 Å². The number of aromatic nitrogens is 1. The number of hydrogen-bond donors (Lipinski definition) is 2. The van der Waals surface area contributed by atoms with E-state index in [4.69, 9.17) is 47.4 Å². The van der Waals surface area contributed by atoms with Crippen molar-refractivity contribution in [3.63, 3.8) is 0 Å². The van der Waals surface area contributed by atoms with Crippen molar-refractivity contribution in [2.75, 3.05) is 37.8 Å². The van der Waals surface area contributed by atoms with Gasteiger partial charge >= 0.3 is 5.97 Å². The molecular weight excluding hydrogens is 930 g/mol. The molecule has 1 aromatic heterocycles. The number of nitrogens with zero attached hydrogens (tertiary/aromatic N) is 4. The molecule has 0 saturated carbocycles. The molecule has 3 atom stereocenters. The number of sulfonamides is 1. The van der Waals surface area contributed by atoms with Crippen molar-refractivity contribution in [3.05, 3.63) is 164 Å². The van der Waals surface area contributed by atoms with E-state index in [-0.39, 0.29) is 36.6 Å². The van der Waals surface area contributed by atoms with Crippen molar-refractivity contribution in [1.82, 2.24) is 14.6 Å². The van der Waals surface area contributed by atoms with Gasteiger partial charge in [0.15, 0.2) is 17.6 Å². The first-order chi connectivity index (χ1) is 32.8. The van der Waals surface area contributed by atoms with E-state index in [0.717, 1.165) is 26.6 Å². The molecule has 14 nitrogen and oxygen atoms in total. The summed E-state index contributed by atoms with van der Waals surface area (Å²) >= 11 is 12.2. The minimum Gasteiger partial charge on any atom is -0.489 e. The van der Waals surface area contributed by atoms with Gasteiger partial charge < -0.3 is 34.3 Å². The molecular formula is C51H45Cl2N5O9S. The predicted octanol–water partition coefficient (Wildman–Crippen LogP) is 8.09. The number of carbonyl (C=O) groups excluding carboxylic acids is 1. The van der Waals surface area contributed by atoms with Gasteiger partial charge in [0.05, 0.1) is 40.6 Å². The van der Waals surface area contributed by atoms with Crippen LogP contribution in [0, 0.1) is 18.3 Å². The van der Waals surface area contributed by atoms with E-state index in [1.54, 1.807) is 61.5 Å². The fourth-order valence-electron chi connectivity index (χ4n) is 8.52. The van der Waals surface area contributed by atoms with Gasteiger partial charge in [-0.2, -0.15) is 9.57 Å². The number of nitriles is 1. The molecule has 17 heteroatoms. The van der Waals surface area contributed by atoms with E-state index in [1.165, 1.54) is 6.07 Å². The average Bonchev–Trinajstić information content (AvgIpc) is 3.35. The number of halogens is 2. The third-order valence-corrected chi connectivity index (χ3v) is 15.0. The van der Waals surface area contributed by atoms with Crippen LogP contribution >= 0.6 is 23.2 Å². The molecule has 3 unspecified atom stereocenters. The van der Waals surface area contributed by atoms with Gasteiger partial charge in [-0.25, -0.2) is 18.2 Å².